The molecule has 1 aromatic carbocycles. The van der Waals surface area contributed by atoms with Crippen LogP contribution in [0.5, 0.6) is 0 Å². The maximum absolute atomic E-state index is 12.6. The van der Waals surface area contributed by atoms with E-state index in [0.29, 0.717) is 38.0 Å². The average Bonchev–Trinajstić information content (AvgIpc) is 3.20. The van der Waals surface area contributed by atoms with E-state index >= 15 is 0 Å². The quantitative estimate of drug-likeness (QED) is 0.903. The van der Waals surface area contributed by atoms with Gasteiger partial charge in [0.2, 0.25) is 0 Å². The summed E-state index contributed by atoms with van der Waals surface area (Å²) in [6, 6.07) is 7.47. The molecule has 6 nitrogen and oxygen atoms in total. The Morgan fingerprint density at radius 2 is 2.00 bits per heavy atom. The lowest BCUT2D eigenvalue weighted by Gasteiger charge is -2.28. The lowest BCUT2D eigenvalue weighted by atomic mass is 9.77. The van der Waals surface area contributed by atoms with Crippen molar-refractivity contribution in [1.82, 2.24) is 14.5 Å². The third kappa shape index (κ3) is 3.54. The second-order valence-electron chi connectivity index (χ2n) is 8.50. The molecule has 1 aliphatic heterocycles. The molecule has 6 heteroatoms. The minimum absolute atomic E-state index is 0.0333. The standard InChI is InChI=1S/C21H25N3O3/c1-21(2)9-17-19(18(26)10-21)24(13-22-17)11-14-3-5-15(6-4-14)20(27)23-8-7-16(25)12-23/h3-6,13,16,25H,7-12H2,1-2H3. The lowest BCUT2D eigenvalue weighted by molar-refractivity contribution is 0.0764. The fourth-order valence-corrected chi connectivity index (χ4v) is 4.09. The number of benzene rings is 1. The molecule has 27 heavy (non-hydrogen) atoms. The van der Waals surface area contributed by atoms with Crippen LogP contribution in [0.4, 0.5) is 0 Å². The Kier molecular flexibility index (Phi) is 4.38. The molecule has 0 saturated carbocycles. The van der Waals surface area contributed by atoms with Gasteiger partial charge in [-0.25, -0.2) is 4.98 Å². The summed E-state index contributed by atoms with van der Waals surface area (Å²) in [6.45, 7) is 5.76. The van der Waals surface area contributed by atoms with E-state index in [1.165, 1.54) is 0 Å². The zero-order chi connectivity index (χ0) is 19.2. The average molecular weight is 367 g/mol. The van der Waals surface area contributed by atoms with Crippen LogP contribution in [0.25, 0.3) is 0 Å². The zero-order valence-electron chi connectivity index (χ0n) is 15.8. The van der Waals surface area contributed by atoms with Crippen LogP contribution in [0.2, 0.25) is 0 Å². The van der Waals surface area contributed by atoms with Crippen LogP contribution < -0.4 is 0 Å². The number of Topliss-reactive ketones (excluding diaryl/α,β-unsaturated/α-hetero) is 1. The SMILES string of the molecule is CC1(C)CC(=O)c2c(ncn2Cc2ccc(C(=O)N3CCC(O)C3)cc2)C1. The molecule has 1 amide bonds. The molecule has 0 bridgehead atoms. The highest BCUT2D eigenvalue weighted by Gasteiger charge is 2.34. The Morgan fingerprint density at radius 1 is 1.26 bits per heavy atom. The first-order chi connectivity index (χ1) is 12.8. The summed E-state index contributed by atoms with van der Waals surface area (Å²) in [4.78, 5) is 31.2. The third-order valence-electron chi connectivity index (χ3n) is 5.47. The summed E-state index contributed by atoms with van der Waals surface area (Å²) in [7, 11) is 0. The minimum Gasteiger partial charge on any atom is -0.391 e. The van der Waals surface area contributed by atoms with Crippen molar-refractivity contribution < 1.29 is 14.7 Å². The highest BCUT2D eigenvalue weighted by molar-refractivity contribution is 5.97. The maximum Gasteiger partial charge on any atom is 0.253 e. The van der Waals surface area contributed by atoms with E-state index in [2.05, 4.69) is 18.8 Å². The number of carbonyl (C=O) groups excluding carboxylic acids is 2. The summed E-state index contributed by atoms with van der Waals surface area (Å²) in [5, 5.41) is 9.60. The van der Waals surface area contributed by atoms with E-state index in [1.807, 2.05) is 28.8 Å². The molecule has 0 radical (unpaired) electrons. The number of nitrogens with zero attached hydrogens (tertiary/aromatic N) is 3. The van der Waals surface area contributed by atoms with Gasteiger partial charge in [-0.3, -0.25) is 9.59 Å². The van der Waals surface area contributed by atoms with Gasteiger partial charge in [-0.1, -0.05) is 26.0 Å². The first-order valence-corrected chi connectivity index (χ1v) is 9.46. The normalized spacial score (nSPS) is 21.4. The fourth-order valence-electron chi connectivity index (χ4n) is 4.09. The molecule has 1 aromatic heterocycles. The van der Waals surface area contributed by atoms with Crippen molar-refractivity contribution >= 4 is 11.7 Å². The topological polar surface area (TPSA) is 75.4 Å². The molecule has 1 unspecified atom stereocenters. The Balaban J connectivity index is 1.49. The molecule has 2 heterocycles. The van der Waals surface area contributed by atoms with Gasteiger partial charge >= 0.3 is 0 Å². The molecule has 1 atom stereocenters. The summed E-state index contributed by atoms with van der Waals surface area (Å²) in [5.74, 6) is 0.105. The highest BCUT2D eigenvalue weighted by atomic mass is 16.3. The van der Waals surface area contributed by atoms with Crippen molar-refractivity contribution in [2.75, 3.05) is 13.1 Å². The van der Waals surface area contributed by atoms with Crippen molar-refractivity contribution in [3.63, 3.8) is 0 Å². The van der Waals surface area contributed by atoms with E-state index in [9.17, 15) is 14.7 Å². The van der Waals surface area contributed by atoms with E-state index in [1.54, 1.807) is 11.2 Å². The molecule has 2 aliphatic rings. The Morgan fingerprint density at radius 3 is 2.67 bits per heavy atom. The first-order valence-electron chi connectivity index (χ1n) is 9.46. The lowest BCUT2D eigenvalue weighted by Crippen LogP contribution is -2.29. The van der Waals surface area contributed by atoms with E-state index in [4.69, 9.17) is 0 Å². The number of carbonyl (C=O) groups is 2. The number of fused-ring (bicyclic) bond motifs is 1. The smallest absolute Gasteiger partial charge is 0.253 e. The van der Waals surface area contributed by atoms with Crippen LogP contribution in [-0.2, 0) is 13.0 Å². The second kappa shape index (κ2) is 6.60. The highest BCUT2D eigenvalue weighted by Crippen LogP contribution is 2.34. The molecule has 1 aliphatic carbocycles. The fraction of sp³-hybridized carbons (Fsp3) is 0.476. The number of aliphatic hydroxyl groups excluding tert-OH is 1. The Hall–Kier alpha value is -2.47. The van der Waals surface area contributed by atoms with E-state index < -0.39 is 6.10 Å². The van der Waals surface area contributed by atoms with Crippen molar-refractivity contribution in [1.29, 1.82) is 0 Å². The van der Waals surface area contributed by atoms with Gasteiger partial charge in [0.25, 0.3) is 5.91 Å². The molecule has 142 valence electrons. The van der Waals surface area contributed by atoms with Crippen molar-refractivity contribution in [3.05, 3.63) is 53.1 Å². The van der Waals surface area contributed by atoms with Crippen molar-refractivity contribution in [2.45, 2.75) is 45.8 Å². The Labute approximate surface area is 158 Å². The molecular formula is C21H25N3O3. The number of β-amino-alcohol motifs (C(OH)–C–C–N with tert-alkyl or cyclic N) is 1. The number of aliphatic hydroxyl groups is 1. The van der Waals surface area contributed by atoms with Gasteiger partial charge in [-0.2, -0.15) is 0 Å². The summed E-state index contributed by atoms with van der Waals surface area (Å²) in [5.41, 5.74) is 3.22. The van der Waals surface area contributed by atoms with Crippen LogP contribution in [0.1, 0.15) is 58.8 Å². The molecule has 2 aromatic rings. The van der Waals surface area contributed by atoms with E-state index in [0.717, 1.165) is 23.4 Å². The van der Waals surface area contributed by atoms with E-state index in [-0.39, 0.29) is 17.1 Å². The summed E-state index contributed by atoms with van der Waals surface area (Å²) < 4.78 is 1.92. The van der Waals surface area contributed by atoms with Gasteiger partial charge in [-0.05, 0) is 36.0 Å². The Bertz CT molecular complexity index is 883. The van der Waals surface area contributed by atoms with Crippen LogP contribution in [0.3, 0.4) is 0 Å². The number of rotatable bonds is 3. The summed E-state index contributed by atoms with van der Waals surface area (Å²) in [6.07, 6.45) is 3.33. The summed E-state index contributed by atoms with van der Waals surface area (Å²) >= 11 is 0. The number of ketones is 1. The van der Waals surface area contributed by atoms with Crippen LogP contribution in [0, 0.1) is 5.41 Å². The van der Waals surface area contributed by atoms with Crippen LogP contribution in [-0.4, -0.2) is 50.4 Å². The van der Waals surface area contributed by atoms with Gasteiger partial charge in [0.05, 0.1) is 18.1 Å². The molecule has 1 fully saturated rings. The van der Waals surface area contributed by atoms with Gasteiger partial charge in [0.15, 0.2) is 5.78 Å². The predicted octanol–water partition coefficient (Wildman–Crippen LogP) is 2.29. The van der Waals surface area contributed by atoms with Crippen LogP contribution in [0.15, 0.2) is 30.6 Å². The van der Waals surface area contributed by atoms with Gasteiger partial charge in [0, 0.05) is 31.6 Å². The number of hydrogen-bond acceptors (Lipinski definition) is 4. The van der Waals surface area contributed by atoms with Gasteiger partial charge < -0.3 is 14.6 Å². The maximum atomic E-state index is 12.6. The number of imidazole rings is 1. The molecule has 1 N–H and O–H groups in total. The monoisotopic (exact) mass is 367 g/mol. The molecule has 4 rings (SSSR count). The van der Waals surface area contributed by atoms with Crippen molar-refractivity contribution in [2.24, 2.45) is 5.41 Å². The predicted molar refractivity (Wildman–Crippen MR) is 101 cm³/mol. The first kappa shape index (κ1) is 17.9. The van der Waals surface area contributed by atoms with Gasteiger partial charge in [0.1, 0.15) is 5.69 Å². The molecular weight excluding hydrogens is 342 g/mol. The number of hydrogen-bond donors (Lipinski definition) is 1. The number of aromatic nitrogens is 2. The zero-order valence-corrected chi connectivity index (χ0v) is 15.8. The number of amides is 1. The number of likely N-dealkylation sites (tertiary alicyclic amines) is 1. The molecule has 1 saturated heterocycles. The van der Waals surface area contributed by atoms with Crippen LogP contribution >= 0.6 is 0 Å². The van der Waals surface area contributed by atoms with Gasteiger partial charge in [-0.15, -0.1) is 0 Å². The van der Waals surface area contributed by atoms with Crippen molar-refractivity contribution in [3.8, 4) is 0 Å². The minimum atomic E-state index is -0.414. The third-order valence-corrected chi connectivity index (χ3v) is 5.47. The molecule has 0 spiro atoms. The second-order valence-corrected chi connectivity index (χ2v) is 8.50. The largest absolute Gasteiger partial charge is 0.391 e.